The van der Waals surface area contributed by atoms with E-state index in [4.69, 9.17) is 28.9 Å². The first-order chi connectivity index (χ1) is 12.3. The van der Waals surface area contributed by atoms with Crippen molar-refractivity contribution in [3.63, 3.8) is 0 Å². The van der Waals surface area contributed by atoms with E-state index in [1.54, 1.807) is 6.92 Å². The minimum atomic E-state index is -0.842. The Morgan fingerprint density at radius 3 is 2.62 bits per heavy atom. The van der Waals surface area contributed by atoms with Crippen LogP contribution in [0, 0.1) is 12.3 Å². The van der Waals surface area contributed by atoms with Crippen molar-refractivity contribution in [3.8, 4) is 0 Å². The molecule has 0 amide bonds. The Balaban J connectivity index is 1.93. The van der Waals surface area contributed by atoms with E-state index in [0.29, 0.717) is 18.2 Å². The second-order valence-corrected chi connectivity index (χ2v) is 8.25. The summed E-state index contributed by atoms with van der Waals surface area (Å²) in [4.78, 5) is 19.3. The lowest BCUT2D eigenvalue weighted by atomic mass is 9.80. The van der Waals surface area contributed by atoms with Crippen LogP contribution in [0.2, 0.25) is 0 Å². The molecule has 142 valence electrons. The van der Waals surface area contributed by atoms with E-state index in [2.05, 4.69) is 16.8 Å². The number of aryl methyl sites for hydroxylation is 1. The lowest BCUT2D eigenvalue weighted by Crippen LogP contribution is -2.43. The van der Waals surface area contributed by atoms with Gasteiger partial charge in [0.2, 0.25) is 0 Å². The molecule has 1 aliphatic carbocycles. The molecule has 1 saturated heterocycles. The molecule has 0 bridgehead atoms. The van der Waals surface area contributed by atoms with Gasteiger partial charge in [-0.2, -0.15) is 0 Å². The molecule has 0 aromatic carbocycles. The molecule has 0 spiro atoms. The second-order valence-electron chi connectivity index (χ2n) is 7.28. The molecule has 1 aliphatic heterocycles. The van der Waals surface area contributed by atoms with Gasteiger partial charge < -0.3 is 10.6 Å². The van der Waals surface area contributed by atoms with E-state index < -0.39 is 16.6 Å². The van der Waals surface area contributed by atoms with Crippen LogP contribution in [0.15, 0.2) is 28.8 Å². The number of hydrogen-bond acceptors (Lipinski definition) is 4. The molecule has 1 aromatic rings. The van der Waals surface area contributed by atoms with Gasteiger partial charge >= 0.3 is 0 Å². The number of anilines is 1. The van der Waals surface area contributed by atoms with Crippen LogP contribution in [0.4, 0.5) is 10.2 Å². The first-order valence-corrected chi connectivity index (χ1v) is 9.55. The summed E-state index contributed by atoms with van der Waals surface area (Å²) in [7, 11) is 0. The summed E-state index contributed by atoms with van der Waals surface area (Å²) >= 11 is 12.4. The van der Waals surface area contributed by atoms with Crippen molar-refractivity contribution in [3.05, 3.63) is 40.2 Å². The number of alkyl halides is 2. The van der Waals surface area contributed by atoms with Crippen LogP contribution in [-0.4, -0.2) is 39.9 Å². The number of aromatic nitrogens is 2. The van der Waals surface area contributed by atoms with E-state index in [9.17, 15) is 9.18 Å². The molecule has 0 radical (unpaired) electrons. The van der Waals surface area contributed by atoms with Gasteiger partial charge in [-0.05, 0) is 37.8 Å². The number of allylic oxidation sites excluding steroid dienone is 4. The Morgan fingerprint density at radius 2 is 2.04 bits per heavy atom. The number of hydrogen-bond donors (Lipinski definition) is 1. The third-order valence-electron chi connectivity index (χ3n) is 5.31. The Labute approximate surface area is 162 Å². The second kappa shape index (κ2) is 7.33. The predicted octanol–water partition coefficient (Wildman–Crippen LogP) is 3.04. The highest BCUT2D eigenvalue weighted by atomic mass is 35.5. The number of nitrogens with zero attached hydrogens (tertiary/aromatic N) is 3. The molecular formula is C18H23Cl2FN4O. The van der Waals surface area contributed by atoms with Crippen LogP contribution in [0.1, 0.15) is 25.6 Å². The number of piperidine rings is 1. The minimum Gasteiger partial charge on any atom is -0.356 e. The van der Waals surface area contributed by atoms with Crippen LogP contribution in [-0.2, 0) is 0 Å². The zero-order valence-electron chi connectivity index (χ0n) is 14.9. The Hall–Kier alpha value is -1.37. The van der Waals surface area contributed by atoms with Gasteiger partial charge in [-0.1, -0.05) is 13.0 Å². The zero-order valence-corrected chi connectivity index (χ0v) is 16.4. The minimum absolute atomic E-state index is 0.0464. The van der Waals surface area contributed by atoms with Crippen molar-refractivity contribution in [2.45, 2.75) is 37.4 Å². The van der Waals surface area contributed by atoms with E-state index in [-0.39, 0.29) is 16.7 Å². The van der Waals surface area contributed by atoms with Crippen LogP contribution in [0.3, 0.4) is 0 Å². The smallest absolute Gasteiger partial charge is 0.260 e. The molecule has 5 nitrogen and oxygen atoms in total. The number of rotatable bonds is 3. The van der Waals surface area contributed by atoms with Crippen LogP contribution >= 0.6 is 23.2 Å². The Kier molecular flexibility index (Phi) is 5.47. The van der Waals surface area contributed by atoms with Crippen molar-refractivity contribution >= 4 is 34.7 Å². The van der Waals surface area contributed by atoms with Gasteiger partial charge in [0, 0.05) is 19.2 Å². The zero-order chi connectivity index (χ0) is 19.1. The van der Waals surface area contributed by atoms with Crippen LogP contribution < -0.4 is 16.2 Å². The summed E-state index contributed by atoms with van der Waals surface area (Å²) in [5, 5.41) is -1.43. The molecule has 1 unspecified atom stereocenters. The molecule has 1 fully saturated rings. The van der Waals surface area contributed by atoms with Crippen molar-refractivity contribution in [2.75, 3.05) is 24.5 Å². The maximum atomic E-state index is 14.3. The van der Waals surface area contributed by atoms with E-state index in [1.807, 2.05) is 0 Å². The molecule has 8 heteroatoms. The van der Waals surface area contributed by atoms with Gasteiger partial charge in [0.1, 0.15) is 17.5 Å². The highest BCUT2D eigenvalue weighted by Crippen LogP contribution is 2.33. The quantitative estimate of drug-likeness (QED) is 0.791. The van der Waals surface area contributed by atoms with Crippen molar-refractivity contribution < 1.29 is 4.39 Å². The van der Waals surface area contributed by atoms with Gasteiger partial charge in [0.05, 0.1) is 16.5 Å². The van der Waals surface area contributed by atoms with Crippen molar-refractivity contribution in [1.29, 1.82) is 0 Å². The Bertz CT molecular complexity index is 812. The fraction of sp³-hybridized carbons (Fsp3) is 0.556. The first-order valence-electron chi connectivity index (χ1n) is 8.68. The summed E-state index contributed by atoms with van der Waals surface area (Å²) in [6.45, 7) is 6.06. The van der Waals surface area contributed by atoms with Crippen LogP contribution in [0.25, 0.3) is 5.70 Å². The highest BCUT2D eigenvalue weighted by molar-refractivity contribution is 6.34. The predicted molar refractivity (Wildman–Crippen MR) is 105 cm³/mol. The normalized spacial score (nSPS) is 25.7. The highest BCUT2D eigenvalue weighted by Gasteiger charge is 2.31. The fourth-order valence-corrected chi connectivity index (χ4v) is 3.87. The summed E-state index contributed by atoms with van der Waals surface area (Å²) < 4.78 is 15.5. The third-order valence-corrected chi connectivity index (χ3v) is 6.32. The average Bonchev–Trinajstić information content (AvgIpc) is 2.61. The van der Waals surface area contributed by atoms with Gasteiger partial charge in [0.15, 0.2) is 0 Å². The average molecular weight is 401 g/mol. The van der Waals surface area contributed by atoms with E-state index >= 15 is 0 Å². The number of halogens is 3. The molecular weight excluding hydrogens is 378 g/mol. The molecule has 26 heavy (non-hydrogen) atoms. The maximum Gasteiger partial charge on any atom is 0.260 e. The largest absolute Gasteiger partial charge is 0.356 e. The monoisotopic (exact) mass is 400 g/mol. The third kappa shape index (κ3) is 3.55. The summed E-state index contributed by atoms with van der Waals surface area (Å²) in [5.74, 6) is 0.414. The lowest BCUT2D eigenvalue weighted by molar-refractivity contribution is 0.258. The molecule has 2 aliphatic rings. The maximum absolute atomic E-state index is 14.3. The topological polar surface area (TPSA) is 64.2 Å². The summed E-state index contributed by atoms with van der Waals surface area (Å²) in [6.07, 6.45) is 4.59. The molecule has 2 heterocycles. The van der Waals surface area contributed by atoms with Gasteiger partial charge in [-0.15, -0.1) is 23.2 Å². The molecule has 3 rings (SSSR count). The number of nitrogens with two attached hydrogens (primary N) is 1. The molecule has 2 atom stereocenters. The van der Waals surface area contributed by atoms with Gasteiger partial charge in [0.25, 0.3) is 5.56 Å². The van der Waals surface area contributed by atoms with Gasteiger partial charge in [-0.25, -0.2) is 9.37 Å². The van der Waals surface area contributed by atoms with E-state index in [0.717, 1.165) is 25.9 Å². The van der Waals surface area contributed by atoms with E-state index in [1.165, 1.54) is 22.8 Å². The van der Waals surface area contributed by atoms with Crippen molar-refractivity contribution in [1.82, 2.24) is 9.55 Å². The van der Waals surface area contributed by atoms with Crippen LogP contribution in [0.5, 0.6) is 0 Å². The summed E-state index contributed by atoms with van der Waals surface area (Å²) in [5.41, 5.74) is 5.66. The van der Waals surface area contributed by atoms with Gasteiger partial charge in [-0.3, -0.25) is 9.36 Å². The molecule has 0 saturated carbocycles. The first kappa shape index (κ1) is 19.4. The van der Waals surface area contributed by atoms with Crippen molar-refractivity contribution in [2.24, 2.45) is 11.1 Å². The Morgan fingerprint density at radius 1 is 1.38 bits per heavy atom. The molecule has 2 N–H and O–H groups in total. The lowest BCUT2D eigenvalue weighted by Gasteiger charge is -2.39. The molecule has 1 aromatic heterocycles. The fourth-order valence-electron chi connectivity index (χ4n) is 3.39. The SMILES string of the molecule is Cc1nc(N2CCC(C)(CN)CC2)cc(=O)n1C1=C(F)C=C[C@H](Cl)C1Cl. The summed E-state index contributed by atoms with van der Waals surface area (Å²) in [6, 6.07) is 1.43. The standard InChI is InChI=1S/C18H23Cl2FN4O/c1-11-23-14(24-7-5-18(2,10-22)6-8-24)9-15(26)25(11)17-13(21)4-3-12(19)16(17)20/h3-4,9,12,16H,5-8,10,22H2,1-2H3/t12-,16?/m0/s1.